The maximum atomic E-state index is 13.3. The molecule has 1 aromatic heterocycles. The highest BCUT2D eigenvalue weighted by molar-refractivity contribution is 7.89. The number of rotatable bonds is 8. The van der Waals surface area contributed by atoms with Crippen molar-refractivity contribution in [3.8, 4) is 0 Å². The molecule has 2 bridgehead atoms. The number of aryl methyl sites for hydroxylation is 1. The van der Waals surface area contributed by atoms with E-state index in [1.165, 1.54) is 12.1 Å². The molecular formula is C24H30N4O5S. The van der Waals surface area contributed by atoms with E-state index in [0.717, 1.165) is 0 Å². The number of nitrogens with one attached hydrogen (secondary N) is 2. The highest BCUT2D eigenvalue weighted by Gasteiger charge is 2.33. The van der Waals surface area contributed by atoms with Crippen molar-refractivity contribution in [3.63, 3.8) is 0 Å². The molecule has 2 heterocycles. The minimum Gasteiger partial charge on any atom is -0.349 e. The van der Waals surface area contributed by atoms with E-state index < -0.39 is 39.5 Å². The number of benzene rings is 1. The molecule has 0 spiro atoms. The Bertz CT molecular complexity index is 1140. The molecule has 0 saturated heterocycles. The third-order valence-corrected chi connectivity index (χ3v) is 7.06. The van der Waals surface area contributed by atoms with Crippen molar-refractivity contribution in [2.45, 2.75) is 56.9 Å². The third kappa shape index (κ3) is 7.01. The van der Waals surface area contributed by atoms with Crippen molar-refractivity contribution in [2.75, 3.05) is 6.54 Å². The van der Waals surface area contributed by atoms with E-state index in [1.54, 1.807) is 30.5 Å². The molecule has 1 amide bonds. The second-order valence-electron chi connectivity index (χ2n) is 8.88. The summed E-state index contributed by atoms with van der Waals surface area (Å²) in [5.74, 6) is -2.22. The van der Waals surface area contributed by atoms with Gasteiger partial charge in [0.15, 0.2) is 5.78 Å². The van der Waals surface area contributed by atoms with Gasteiger partial charge in [0.25, 0.3) is 5.91 Å². The average Bonchev–Trinajstić information content (AvgIpc) is 2.81. The van der Waals surface area contributed by atoms with Crippen LogP contribution in [0.15, 0.2) is 47.5 Å². The molecule has 10 heteroatoms. The highest BCUT2D eigenvalue weighted by Crippen LogP contribution is 2.19. The first-order valence-electron chi connectivity index (χ1n) is 11.4. The second-order valence-corrected chi connectivity index (χ2v) is 10.6. The number of aromatic nitrogens is 2. The Morgan fingerprint density at radius 2 is 1.91 bits per heavy atom. The lowest BCUT2D eigenvalue weighted by Crippen LogP contribution is -2.44. The minimum atomic E-state index is -3.94. The fourth-order valence-electron chi connectivity index (χ4n) is 3.86. The number of Topliss-reactive ketones (excluding diaryl/α,β-unsaturated/α-hetero) is 2. The summed E-state index contributed by atoms with van der Waals surface area (Å²) in [4.78, 5) is 47.4. The number of sulfonamides is 1. The third-order valence-electron chi connectivity index (χ3n) is 5.57. The summed E-state index contributed by atoms with van der Waals surface area (Å²) in [6.07, 6.45) is 2.82. The predicted octanol–water partition coefficient (Wildman–Crippen LogP) is 1.62. The Hall–Kier alpha value is -2.98. The van der Waals surface area contributed by atoms with Gasteiger partial charge in [-0.25, -0.2) is 23.1 Å². The van der Waals surface area contributed by atoms with E-state index in [9.17, 15) is 22.8 Å². The van der Waals surface area contributed by atoms with Crippen molar-refractivity contribution in [1.82, 2.24) is 20.0 Å². The molecule has 2 atom stereocenters. The Balaban J connectivity index is 1.84. The summed E-state index contributed by atoms with van der Waals surface area (Å²) < 4.78 is 28.2. The molecule has 0 saturated carbocycles. The summed E-state index contributed by atoms with van der Waals surface area (Å²) in [7, 11) is -3.94. The highest BCUT2D eigenvalue weighted by atomic mass is 32.2. The largest absolute Gasteiger partial charge is 0.349 e. The minimum absolute atomic E-state index is 0.0170. The van der Waals surface area contributed by atoms with Gasteiger partial charge in [0.05, 0.1) is 10.9 Å². The molecule has 1 aromatic carbocycles. The Morgan fingerprint density at radius 1 is 1.18 bits per heavy atom. The van der Waals surface area contributed by atoms with Crippen LogP contribution in [0.5, 0.6) is 0 Å². The van der Waals surface area contributed by atoms with Crippen LogP contribution in [0.2, 0.25) is 0 Å². The van der Waals surface area contributed by atoms with Crippen molar-refractivity contribution >= 4 is 27.5 Å². The number of nitrogens with zero attached hydrogens (tertiary/aromatic N) is 2. The molecule has 0 radical (unpaired) electrons. The fourth-order valence-corrected chi connectivity index (χ4v) is 5.12. The van der Waals surface area contributed by atoms with Gasteiger partial charge in [-0.3, -0.25) is 14.4 Å². The van der Waals surface area contributed by atoms with Crippen molar-refractivity contribution in [3.05, 3.63) is 54.1 Å². The molecule has 3 rings (SSSR count). The summed E-state index contributed by atoms with van der Waals surface area (Å²) in [6.45, 7) is 4.06. The first kappa shape index (κ1) is 25.6. The smallest absolute Gasteiger partial charge is 0.287 e. The molecule has 182 valence electrons. The molecule has 2 unspecified atom stereocenters. The number of ketones is 2. The molecule has 0 aliphatic carbocycles. The van der Waals surface area contributed by atoms with Crippen LogP contribution >= 0.6 is 0 Å². The van der Waals surface area contributed by atoms with Gasteiger partial charge in [0.1, 0.15) is 5.82 Å². The lowest BCUT2D eigenvalue weighted by Gasteiger charge is -2.22. The summed E-state index contributed by atoms with van der Waals surface area (Å²) >= 11 is 0. The number of carbonyl (C=O) groups excluding carboxylic acids is 3. The average molecular weight is 487 g/mol. The van der Waals surface area contributed by atoms with Crippen LogP contribution in [-0.4, -0.2) is 48.4 Å². The summed E-state index contributed by atoms with van der Waals surface area (Å²) in [5, 5.41) is 2.60. The van der Waals surface area contributed by atoms with Crippen LogP contribution < -0.4 is 10.0 Å². The Kier molecular flexibility index (Phi) is 8.62. The second kappa shape index (κ2) is 11.4. The van der Waals surface area contributed by atoms with Crippen LogP contribution in [0, 0.1) is 11.8 Å². The van der Waals surface area contributed by atoms with E-state index in [0.29, 0.717) is 30.9 Å². The van der Waals surface area contributed by atoms with Crippen molar-refractivity contribution in [2.24, 2.45) is 11.8 Å². The maximum absolute atomic E-state index is 13.3. The van der Waals surface area contributed by atoms with Gasteiger partial charge in [0, 0.05) is 43.6 Å². The van der Waals surface area contributed by atoms with Gasteiger partial charge in [-0.15, -0.1) is 0 Å². The Labute approximate surface area is 199 Å². The van der Waals surface area contributed by atoms with Crippen molar-refractivity contribution in [1.29, 1.82) is 0 Å². The van der Waals surface area contributed by atoms with Crippen LogP contribution in [-0.2, 0) is 37.2 Å². The van der Waals surface area contributed by atoms with Gasteiger partial charge in [0.2, 0.25) is 15.8 Å². The number of fused-ring (bicyclic) bond motifs is 2. The van der Waals surface area contributed by atoms with E-state index in [4.69, 9.17) is 0 Å². The zero-order valence-electron chi connectivity index (χ0n) is 19.4. The molecule has 1 aliphatic rings. The van der Waals surface area contributed by atoms with Gasteiger partial charge < -0.3 is 5.32 Å². The van der Waals surface area contributed by atoms with Crippen LogP contribution in [0.4, 0.5) is 0 Å². The van der Waals surface area contributed by atoms with E-state index in [-0.39, 0.29) is 30.1 Å². The lowest BCUT2D eigenvalue weighted by molar-refractivity contribution is -0.141. The van der Waals surface area contributed by atoms with Crippen LogP contribution in [0.1, 0.15) is 44.6 Å². The maximum Gasteiger partial charge on any atom is 0.287 e. The molecule has 2 aromatic rings. The van der Waals surface area contributed by atoms with Gasteiger partial charge in [-0.05, 0) is 37.0 Å². The standard InChI is InChI=1S/C24H30N4O5S/c1-16(2)13-20(28-34(32,33)19-7-4-3-5-8-19)21(29)15-17-14-18-10-12-25-22(27-18)9-6-11-26-24(31)23(17)30/h3-5,7-8,10,12,16-17,20,28H,6,9,11,13-15H2,1-2H3,(H,26,31). The van der Waals surface area contributed by atoms with Gasteiger partial charge in [-0.2, -0.15) is 0 Å². The normalized spacial score (nSPS) is 18.1. The fraction of sp³-hybridized carbons (Fsp3) is 0.458. The van der Waals surface area contributed by atoms with E-state index >= 15 is 0 Å². The topological polar surface area (TPSA) is 135 Å². The number of hydrogen-bond acceptors (Lipinski definition) is 7. The van der Waals surface area contributed by atoms with Gasteiger partial charge in [-0.1, -0.05) is 32.0 Å². The first-order chi connectivity index (χ1) is 16.2. The first-order valence-corrected chi connectivity index (χ1v) is 12.9. The van der Waals surface area contributed by atoms with Gasteiger partial charge >= 0.3 is 0 Å². The van der Waals surface area contributed by atoms with E-state index in [2.05, 4.69) is 20.0 Å². The molecular weight excluding hydrogens is 456 g/mol. The van der Waals surface area contributed by atoms with E-state index in [1.807, 2.05) is 13.8 Å². The number of amides is 1. The zero-order chi connectivity index (χ0) is 24.7. The quantitative estimate of drug-likeness (QED) is 0.541. The SMILES string of the molecule is CC(C)CC(NS(=O)(=O)c1ccccc1)C(=O)CC1Cc2ccnc(n2)CCCNC(=O)C1=O. The monoisotopic (exact) mass is 486 g/mol. The van der Waals surface area contributed by atoms with Crippen LogP contribution in [0.25, 0.3) is 0 Å². The molecule has 1 aliphatic heterocycles. The summed E-state index contributed by atoms with van der Waals surface area (Å²) in [6, 6.07) is 8.43. The zero-order valence-corrected chi connectivity index (χ0v) is 20.2. The number of hydrogen-bond donors (Lipinski definition) is 2. The number of carbonyl (C=O) groups is 3. The van der Waals surface area contributed by atoms with Crippen LogP contribution in [0.3, 0.4) is 0 Å². The molecule has 9 nitrogen and oxygen atoms in total. The van der Waals surface area contributed by atoms with Crippen molar-refractivity contribution < 1.29 is 22.8 Å². The molecule has 0 fully saturated rings. The predicted molar refractivity (Wildman–Crippen MR) is 125 cm³/mol. The summed E-state index contributed by atoms with van der Waals surface area (Å²) in [5.41, 5.74) is 0.566. The molecule has 2 N–H and O–H groups in total. The lowest BCUT2D eigenvalue weighted by atomic mass is 9.88. The molecule has 34 heavy (non-hydrogen) atoms. The Morgan fingerprint density at radius 3 is 2.62 bits per heavy atom.